The summed E-state index contributed by atoms with van der Waals surface area (Å²) in [6.45, 7) is 11.8. The maximum absolute atomic E-state index is 12.2. The molecule has 0 radical (unpaired) electrons. The normalized spacial score (nSPS) is 31.9. The van der Waals surface area contributed by atoms with Crippen LogP contribution in [0.25, 0.3) is 0 Å². The highest BCUT2D eigenvalue weighted by Gasteiger charge is 2.57. The van der Waals surface area contributed by atoms with E-state index >= 15 is 0 Å². The molecule has 1 aliphatic carbocycles. The monoisotopic (exact) mass is 236 g/mol. The molecule has 2 heteroatoms. The number of hydrogen-bond donors (Lipinski definition) is 0. The number of ketones is 1. The third-order valence-electron chi connectivity index (χ3n) is 4.16. The highest BCUT2D eigenvalue weighted by molar-refractivity contribution is 5.86. The Labute approximate surface area is 105 Å². The average Bonchev–Trinajstić information content (AvgIpc) is 2.47. The highest BCUT2D eigenvalue weighted by Crippen LogP contribution is 2.55. The van der Waals surface area contributed by atoms with E-state index in [1.54, 1.807) is 14.0 Å². The molecule has 0 aromatic carbocycles. The number of rotatable bonds is 4. The number of carbonyl (C=O) groups is 1. The zero-order valence-corrected chi connectivity index (χ0v) is 11.7. The minimum Gasteiger partial charge on any atom is -0.380 e. The molecule has 0 saturated heterocycles. The summed E-state index contributed by atoms with van der Waals surface area (Å²) in [4.78, 5) is 12.2. The van der Waals surface area contributed by atoms with Crippen LogP contribution in [0.1, 0.15) is 40.5 Å². The van der Waals surface area contributed by atoms with Crippen LogP contribution in [-0.2, 0) is 9.53 Å². The topological polar surface area (TPSA) is 26.3 Å². The summed E-state index contributed by atoms with van der Waals surface area (Å²) in [6, 6.07) is 0. The molecular formula is C15H24O2. The molecular weight excluding hydrogens is 212 g/mol. The van der Waals surface area contributed by atoms with E-state index in [9.17, 15) is 4.79 Å². The van der Waals surface area contributed by atoms with Crippen LogP contribution < -0.4 is 0 Å². The van der Waals surface area contributed by atoms with Gasteiger partial charge in [-0.15, -0.1) is 0 Å². The Morgan fingerprint density at radius 2 is 2.00 bits per heavy atom. The van der Waals surface area contributed by atoms with Crippen LogP contribution in [-0.4, -0.2) is 19.0 Å². The zero-order valence-electron chi connectivity index (χ0n) is 11.7. The molecule has 1 saturated carbocycles. The standard InChI is InChI=1S/C15H24O2/c1-11(2)7-10-15(12(3)16)13(17-6)8-9-14(15,4)5/h7,10,13H,1,8-9H2,2-6H3/b10-7-/t13-,15-/m1/s1. The predicted molar refractivity (Wildman–Crippen MR) is 70.9 cm³/mol. The fourth-order valence-electron chi connectivity index (χ4n) is 3.09. The summed E-state index contributed by atoms with van der Waals surface area (Å²) in [6.07, 6.45) is 5.87. The van der Waals surface area contributed by atoms with Gasteiger partial charge in [-0.05, 0) is 32.1 Å². The Hall–Kier alpha value is -0.890. The second-order valence-electron chi connectivity index (χ2n) is 5.75. The summed E-state index contributed by atoms with van der Waals surface area (Å²) in [5.74, 6) is 0.185. The van der Waals surface area contributed by atoms with Gasteiger partial charge in [-0.1, -0.05) is 38.2 Å². The molecule has 17 heavy (non-hydrogen) atoms. The number of ether oxygens (including phenoxy) is 1. The quantitative estimate of drug-likeness (QED) is 0.698. The number of methoxy groups -OCH3 is 1. The lowest BCUT2D eigenvalue weighted by Gasteiger charge is -2.40. The van der Waals surface area contributed by atoms with E-state index in [4.69, 9.17) is 4.74 Å². The molecule has 0 heterocycles. The van der Waals surface area contributed by atoms with Gasteiger partial charge in [-0.2, -0.15) is 0 Å². The molecule has 0 N–H and O–H groups in total. The molecule has 0 aliphatic heterocycles. The second kappa shape index (κ2) is 4.77. The van der Waals surface area contributed by atoms with E-state index in [2.05, 4.69) is 20.4 Å². The first-order valence-corrected chi connectivity index (χ1v) is 6.16. The van der Waals surface area contributed by atoms with Crippen molar-refractivity contribution < 1.29 is 9.53 Å². The highest BCUT2D eigenvalue weighted by atomic mass is 16.5. The Balaban J connectivity index is 3.28. The van der Waals surface area contributed by atoms with Crippen molar-refractivity contribution in [3.05, 3.63) is 24.3 Å². The van der Waals surface area contributed by atoms with Crippen LogP contribution in [0, 0.1) is 10.8 Å². The summed E-state index contributed by atoms with van der Waals surface area (Å²) >= 11 is 0. The van der Waals surface area contributed by atoms with Crippen molar-refractivity contribution in [3.63, 3.8) is 0 Å². The van der Waals surface area contributed by atoms with E-state index in [0.29, 0.717) is 0 Å². The maximum Gasteiger partial charge on any atom is 0.142 e. The maximum atomic E-state index is 12.2. The lowest BCUT2D eigenvalue weighted by atomic mass is 9.64. The van der Waals surface area contributed by atoms with Crippen LogP contribution in [0.15, 0.2) is 24.3 Å². The van der Waals surface area contributed by atoms with E-state index in [1.165, 1.54) is 0 Å². The molecule has 1 fully saturated rings. The summed E-state index contributed by atoms with van der Waals surface area (Å²) < 4.78 is 5.55. The number of carbonyl (C=O) groups excluding carboxylic acids is 1. The second-order valence-corrected chi connectivity index (χ2v) is 5.75. The molecule has 2 nitrogen and oxygen atoms in total. The van der Waals surface area contributed by atoms with Crippen LogP contribution in [0.4, 0.5) is 0 Å². The SMILES string of the molecule is C=C(C)/C=C\[C@@]1(C(C)=O)[C@H](OC)CCC1(C)C. The van der Waals surface area contributed by atoms with E-state index in [0.717, 1.165) is 18.4 Å². The first-order valence-electron chi connectivity index (χ1n) is 6.16. The molecule has 0 spiro atoms. The van der Waals surface area contributed by atoms with Gasteiger partial charge in [0.05, 0.1) is 11.5 Å². The molecule has 0 aromatic rings. The third kappa shape index (κ3) is 2.23. The van der Waals surface area contributed by atoms with Crippen LogP contribution in [0.3, 0.4) is 0 Å². The molecule has 0 unspecified atom stereocenters. The minimum atomic E-state index is -0.513. The molecule has 96 valence electrons. The van der Waals surface area contributed by atoms with Gasteiger partial charge in [0, 0.05) is 7.11 Å². The van der Waals surface area contributed by atoms with Gasteiger partial charge in [-0.25, -0.2) is 0 Å². The summed E-state index contributed by atoms with van der Waals surface area (Å²) in [5, 5.41) is 0. The Morgan fingerprint density at radius 1 is 1.41 bits per heavy atom. The van der Waals surface area contributed by atoms with Crippen LogP contribution >= 0.6 is 0 Å². The average molecular weight is 236 g/mol. The van der Waals surface area contributed by atoms with Gasteiger partial charge in [0.25, 0.3) is 0 Å². The fourth-order valence-corrected chi connectivity index (χ4v) is 3.09. The van der Waals surface area contributed by atoms with E-state index in [1.807, 2.05) is 19.1 Å². The minimum absolute atomic E-state index is 0.0226. The predicted octanol–water partition coefficient (Wildman–Crippen LogP) is 3.53. The molecule has 1 aliphatic rings. The van der Waals surface area contributed by atoms with Crippen molar-refractivity contribution in [2.24, 2.45) is 10.8 Å². The fraction of sp³-hybridized carbons (Fsp3) is 0.667. The van der Waals surface area contributed by atoms with E-state index < -0.39 is 5.41 Å². The van der Waals surface area contributed by atoms with Crippen molar-refractivity contribution in [1.82, 2.24) is 0 Å². The first-order chi connectivity index (χ1) is 7.78. The third-order valence-corrected chi connectivity index (χ3v) is 4.16. The molecule has 0 amide bonds. The number of allylic oxidation sites excluding steroid dienone is 2. The largest absolute Gasteiger partial charge is 0.380 e. The Morgan fingerprint density at radius 3 is 2.41 bits per heavy atom. The molecule has 2 atom stereocenters. The van der Waals surface area contributed by atoms with Crippen molar-refractivity contribution in [2.75, 3.05) is 7.11 Å². The lowest BCUT2D eigenvalue weighted by molar-refractivity contribution is -0.135. The molecule has 0 bridgehead atoms. The van der Waals surface area contributed by atoms with Gasteiger partial charge in [0.2, 0.25) is 0 Å². The summed E-state index contributed by atoms with van der Waals surface area (Å²) in [5.41, 5.74) is 0.384. The smallest absolute Gasteiger partial charge is 0.142 e. The lowest BCUT2D eigenvalue weighted by Crippen LogP contribution is -2.45. The van der Waals surface area contributed by atoms with Crippen LogP contribution in [0.5, 0.6) is 0 Å². The van der Waals surface area contributed by atoms with E-state index in [-0.39, 0.29) is 17.3 Å². The first kappa shape index (κ1) is 14.2. The molecule has 1 rings (SSSR count). The number of hydrogen-bond acceptors (Lipinski definition) is 2. The van der Waals surface area contributed by atoms with Crippen molar-refractivity contribution in [1.29, 1.82) is 0 Å². The van der Waals surface area contributed by atoms with Gasteiger partial charge >= 0.3 is 0 Å². The Bertz CT molecular complexity index is 352. The van der Waals surface area contributed by atoms with Crippen molar-refractivity contribution >= 4 is 5.78 Å². The number of Topliss-reactive ketones (excluding diaryl/α,β-unsaturated/α-hetero) is 1. The summed E-state index contributed by atoms with van der Waals surface area (Å²) in [7, 11) is 1.69. The van der Waals surface area contributed by atoms with Gasteiger partial charge < -0.3 is 4.74 Å². The van der Waals surface area contributed by atoms with Crippen molar-refractivity contribution in [3.8, 4) is 0 Å². The van der Waals surface area contributed by atoms with Gasteiger partial charge in [0.1, 0.15) is 5.78 Å². The molecule has 0 aromatic heterocycles. The zero-order chi connectivity index (χ0) is 13.3. The van der Waals surface area contributed by atoms with Crippen LogP contribution in [0.2, 0.25) is 0 Å². The Kier molecular flexibility index (Phi) is 3.98. The van der Waals surface area contributed by atoms with Crippen molar-refractivity contribution in [2.45, 2.75) is 46.6 Å². The van der Waals surface area contributed by atoms with Gasteiger partial charge in [-0.3, -0.25) is 4.79 Å². The van der Waals surface area contributed by atoms with Gasteiger partial charge in [0.15, 0.2) is 0 Å².